The van der Waals surface area contributed by atoms with E-state index in [4.69, 9.17) is 21.1 Å². The van der Waals surface area contributed by atoms with Gasteiger partial charge in [0.2, 0.25) is 0 Å². The quantitative estimate of drug-likeness (QED) is 0.542. The maximum absolute atomic E-state index is 12.8. The standard InChI is InChI=1S/C22H26ClNO3.BrH/c1-2-26-21(25)22(18-7-4-3-5-8-18)11-13-24(14-12-22)15-16-27-20-10-6-9-19(23)17-20;/h3-10,17H,2,11-16H2,1H3;1H. The summed E-state index contributed by atoms with van der Waals surface area (Å²) in [5, 5.41) is 0.674. The van der Waals surface area contributed by atoms with Crippen LogP contribution in [0.3, 0.4) is 0 Å². The molecule has 1 aliphatic rings. The number of halogens is 2. The third-order valence-electron chi connectivity index (χ3n) is 5.17. The van der Waals surface area contributed by atoms with Gasteiger partial charge in [0.25, 0.3) is 0 Å². The molecule has 1 heterocycles. The summed E-state index contributed by atoms with van der Waals surface area (Å²) >= 11 is 5.98. The Morgan fingerprint density at radius 2 is 1.82 bits per heavy atom. The summed E-state index contributed by atoms with van der Waals surface area (Å²) in [6, 6.07) is 17.5. The lowest BCUT2D eigenvalue weighted by Crippen LogP contribution is -2.48. The fourth-order valence-corrected chi connectivity index (χ4v) is 3.83. The third kappa shape index (κ3) is 5.49. The van der Waals surface area contributed by atoms with Crippen molar-refractivity contribution in [2.45, 2.75) is 25.2 Å². The molecule has 6 heteroatoms. The first-order valence-electron chi connectivity index (χ1n) is 9.47. The summed E-state index contributed by atoms with van der Waals surface area (Å²) in [6.45, 7) is 5.36. The van der Waals surface area contributed by atoms with E-state index in [1.54, 1.807) is 0 Å². The Balaban J connectivity index is 0.00000280. The Morgan fingerprint density at radius 1 is 1.11 bits per heavy atom. The minimum Gasteiger partial charge on any atom is -0.492 e. The molecule has 0 aromatic heterocycles. The van der Waals surface area contributed by atoms with E-state index in [1.807, 2.05) is 61.5 Å². The van der Waals surface area contributed by atoms with Gasteiger partial charge in [-0.3, -0.25) is 9.69 Å². The highest BCUT2D eigenvalue weighted by Gasteiger charge is 2.44. The summed E-state index contributed by atoms with van der Waals surface area (Å²) in [7, 11) is 0. The topological polar surface area (TPSA) is 38.8 Å². The molecule has 0 spiro atoms. The SMILES string of the molecule is Br.CCOC(=O)C1(c2ccccc2)CCN(CCOc2cccc(Cl)c2)CC1. The normalized spacial score (nSPS) is 16.1. The molecule has 0 saturated carbocycles. The molecular formula is C22H27BrClNO3. The van der Waals surface area contributed by atoms with Gasteiger partial charge in [-0.05, 0) is 56.6 Å². The molecule has 0 bridgehead atoms. The first-order valence-corrected chi connectivity index (χ1v) is 9.85. The number of benzene rings is 2. The van der Waals surface area contributed by atoms with Crippen molar-refractivity contribution >= 4 is 34.6 Å². The average molecular weight is 469 g/mol. The number of hydrogen-bond acceptors (Lipinski definition) is 4. The highest BCUT2D eigenvalue weighted by atomic mass is 79.9. The molecule has 4 nitrogen and oxygen atoms in total. The lowest BCUT2D eigenvalue weighted by atomic mass is 9.72. The number of nitrogens with zero attached hydrogens (tertiary/aromatic N) is 1. The second-order valence-corrected chi connectivity index (χ2v) is 7.25. The lowest BCUT2D eigenvalue weighted by Gasteiger charge is -2.40. The van der Waals surface area contributed by atoms with Gasteiger partial charge in [-0.25, -0.2) is 0 Å². The number of hydrogen-bond donors (Lipinski definition) is 0. The molecule has 0 atom stereocenters. The smallest absolute Gasteiger partial charge is 0.316 e. The van der Waals surface area contributed by atoms with Crippen LogP contribution < -0.4 is 4.74 Å². The third-order valence-corrected chi connectivity index (χ3v) is 5.41. The number of carbonyl (C=O) groups excluding carboxylic acids is 1. The minimum atomic E-state index is -0.540. The maximum Gasteiger partial charge on any atom is 0.316 e. The van der Waals surface area contributed by atoms with Crippen molar-refractivity contribution in [3.8, 4) is 5.75 Å². The lowest BCUT2D eigenvalue weighted by molar-refractivity contribution is -0.152. The zero-order valence-corrected chi connectivity index (χ0v) is 18.6. The van der Waals surface area contributed by atoms with E-state index in [0.29, 0.717) is 18.2 Å². The van der Waals surface area contributed by atoms with Crippen LogP contribution in [0, 0.1) is 0 Å². The van der Waals surface area contributed by atoms with Gasteiger partial charge >= 0.3 is 5.97 Å². The van der Waals surface area contributed by atoms with E-state index in [9.17, 15) is 4.79 Å². The fraction of sp³-hybridized carbons (Fsp3) is 0.409. The Kier molecular flexibility index (Phi) is 8.80. The predicted molar refractivity (Wildman–Crippen MR) is 118 cm³/mol. The molecule has 28 heavy (non-hydrogen) atoms. The summed E-state index contributed by atoms with van der Waals surface area (Å²) in [5.41, 5.74) is 0.514. The Bertz CT molecular complexity index is 748. The first kappa shape index (κ1) is 22.7. The molecule has 2 aromatic rings. The molecule has 0 N–H and O–H groups in total. The van der Waals surface area contributed by atoms with Crippen LogP contribution in [0.25, 0.3) is 0 Å². The van der Waals surface area contributed by atoms with Gasteiger partial charge in [-0.15, -0.1) is 17.0 Å². The number of esters is 1. The molecule has 0 amide bonds. The van der Waals surface area contributed by atoms with Gasteiger partial charge < -0.3 is 9.47 Å². The molecule has 1 fully saturated rings. The molecule has 2 aromatic carbocycles. The van der Waals surface area contributed by atoms with Crippen molar-refractivity contribution < 1.29 is 14.3 Å². The molecule has 0 aliphatic carbocycles. The van der Waals surface area contributed by atoms with E-state index in [0.717, 1.165) is 43.8 Å². The number of ether oxygens (including phenoxy) is 2. The average Bonchev–Trinajstić information content (AvgIpc) is 2.69. The molecule has 0 radical (unpaired) electrons. The largest absolute Gasteiger partial charge is 0.492 e. The van der Waals surface area contributed by atoms with Crippen LogP contribution in [0.1, 0.15) is 25.3 Å². The minimum absolute atomic E-state index is 0. The summed E-state index contributed by atoms with van der Waals surface area (Å²) < 4.78 is 11.2. The van der Waals surface area contributed by atoms with Crippen molar-refractivity contribution in [3.05, 3.63) is 65.2 Å². The summed E-state index contributed by atoms with van der Waals surface area (Å²) in [6.07, 6.45) is 1.51. The number of carbonyl (C=O) groups is 1. The van der Waals surface area contributed by atoms with Crippen molar-refractivity contribution in [1.29, 1.82) is 0 Å². The maximum atomic E-state index is 12.8. The fourth-order valence-electron chi connectivity index (χ4n) is 3.64. The Morgan fingerprint density at radius 3 is 2.46 bits per heavy atom. The monoisotopic (exact) mass is 467 g/mol. The highest BCUT2D eigenvalue weighted by Crippen LogP contribution is 2.36. The number of piperidine rings is 1. The van der Waals surface area contributed by atoms with Crippen LogP contribution in [-0.4, -0.2) is 43.7 Å². The zero-order chi connectivity index (χ0) is 19.1. The molecular weight excluding hydrogens is 442 g/mol. The molecule has 1 saturated heterocycles. The van der Waals surface area contributed by atoms with E-state index in [-0.39, 0.29) is 23.0 Å². The van der Waals surface area contributed by atoms with Gasteiger partial charge in [0, 0.05) is 11.6 Å². The molecule has 0 unspecified atom stereocenters. The summed E-state index contributed by atoms with van der Waals surface area (Å²) in [5.74, 6) is 0.677. The predicted octanol–water partition coefficient (Wildman–Crippen LogP) is 4.89. The van der Waals surface area contributed by atoms with Crippen molar-refractivity contribution in [2.75, 3.05) is 32.8 Å². The van der Waals surface area contributed by atoms with Gasteiger partial charge in [0.05, 0.1) is 12.0 Å². The molecule has 152 valence electrons. The van der Waals surface area contributed by atoms with Crippen LogP contribution >= 0.6 is 28.6 Å². The van der Waals surface area contributed by atoms with E-state index in [1.165, 1.54) is 0 Å². The number of likely N-dealkylation sites (tertiary alicyclic amines) is 1. The van der Waals surface area contributed by atoms with Crippen LogP contribution in [0.2, 0.25) is 5.02 Å². The second kappa shape index (κ2) is 10.8. The van der Waals surface area contributed by atoms with Crippen molar-refractivity contribution in [3.63, 3.8) is 0 Å². The molecule has 1 aliphatic heterocycles. The van der Waals surface area contributed by atoms with Gasteiger partial charge in [0.1, 0.15) is 12.4 Å². The Labute approximate surface area is 182 Å². The summed E-state index contributed by atoms with van der Waals surface area (Å²) in [4.78, 5) is 15.1. The van der Waals surface area contributed by atoms with E-state index in [2.05, 4.69) is 4.90 Å². The van der Waals surface area contributed by atoms with Crippen LogP contribution in [0.5, 0.6) is 5.75 Å². The number of rotatable bonds is 7. The van der Waals surface area contributed by atoms with E-state index >= 15 is 0 Å². The van der Waals surface area contributed by atoms with Crippen LogP contribution in [-0.2, 0) is 14.9 Å². The van der Waals surface area contributed by atoms with Gasteiger partial charge in [0.15, 0.2) is 0 Å². The van der Waals surface area contributed by atoms with Crippen LogP contribution in [0.15, 0.2) is 54.6 Å². The van der Waals surface area contributed by atoms with Crippen molar-refractivity contribution in [2.24, 2.45) is 0 Å². The first-order chi connectivity index (χ1) is 13.1. The van der Waals surface area contributed by atoms with Crippen molar-refractivity contribution in [1.82, 2.24) is 4.90 Å². The highest BCUT2D eigenvalue weighted by molar-refractivity contribution is 8.93. The Hall–Kier alpha value is -1.56. The van der Waals surface area contributed by atoms with Gasteiger partial charge in [-0.2, -0.15) is 0 Å². The zero-order valence-electron chi connectivity index (χ0n) is 16.1. The van der Waals surface area contributed by atoms with Crippen LogP contribution in [0.4, 0.5) is 0 Å². The van der Waals surface area contributed by atoms with E-state index < -0.39 is 5.41 Å². The van der Waals surface area contributed by atoms with Gasteiger partial charge in [-0.1, -0.05) is 48.0 Å². The molecule has 3 rings (SSSR count). The second-order valence-electron chi connectivity index (χ2n) is 6.82.